The Morgan fingerprint density at radius 2 is 1.47 bits per heavy atom. The van der Waals surface area contributed by atoms with E-state index in [1.54, 1.807) is 7.05 Å². The van der Waals surface area contributed by atoms with Gasteiger partial charge in [0.05, 0.1) is 0 Å². The van der Waals surface area contributed by atoms with Crippen LogP contribution in [0.5, 0.6) is 0 Å². The molecule has 0 aromatic carbocycles. The monoisotopic (exact) mass is 424 g/mol. The summed E-state index contributed by atoms with van der Waals surface area (Å²) in [4.78, 5) is 23.7. The lowest BCUT2D eigenvalue weighted by atomic mass is 10.2. The van der Waals surface area contributed by atoms with Crippen molar-refractivity contribution in [2.24, 2.45) is 0 Å². The molecular formula is C23H40N2O5. The van der Waals surface area contributed by atoms with Crippen LogP contribution in [0.3, 0.4) is 0 Å². The number of nitrogens with one attached hydrogen (secondary N) is 1. The molecule has 0 saturated carbocycles. The summed E-state index contributed by atoms with van der Waals surface area (Å²) in [6.07, 6.45) is 13.0. The van der Waals surface area contributed by atoms with Crippen molar-refractivity contribution in [1.82, 2.24) is 10.2 Å². The summed E-state index contributed by atoms with van der Waals surface area (Å²) in [5.41, 5.74) is -0.887. The zero-order valence-corrected chi connectivity index (χ0v) is 19.8. The molecule has 0 aliphatic carbocycles. The van der Waals surface area contributed by atoms with Gasteiger partial charge >= 0.3 is 12.2 Å². The van der Waals surface area contributed by atoms with E-state index in [0.717, 1.165) is 13.2 Å². The van der Waals surface area contributed by atoms with Crippen LogP contribution >= 0.6 is 0 Å². The number of terminal acetylenes is 2. The summed E-state index contributed by atoms with van der Waals surface area (Å²) in [7, 11) is 1.67. The number of nitrogens with zero attached hydrogens (tertiary/aromatic N) is 1. The van der Waals surface area contributed by atoms with Gasteiger partial charge in [0.1, 0.15) is 11.2 Å². The highest BCUT2D eigenvalue weighted by Crippen LogP contribution is 2.09. The van der Waals surface area contributed by atoms with Crippen LogP contribution in [0.25, 0.3) is 0 Å². The molecule has 2 amide bonds. The minimum Gasteiger partial charge on any atom is -0.444 e. The number of carbonyl (C=O) groups excluding carboxylic acids is 2. The summed E-state index contributed by atoms with van der Waals surface area (Å²) in [6.45, 7) is 13.9. The summed E-state index contributed by atoms with van der Waals surface area (Å²) in [6, 6.07) is 0. The molecule has 0 aromatic heterocycles. The van der Waals surface area contributed by atoms with Crippen molar-refractivity contribution in [1.29, 1.82) is 0 Å². The fourth-order valence-corrected chi connectivity index (χ4v) is 1.72. The number of hydrogen-bond acceptors (Lipinski definition) is 5. The molecule has 0 bridgehead atoms. The highest BCUT2D eigenvalue weighted by molar-refractivity contribution is 5.68. The Morgan fingerprint density at radius 1 is 0.967 bits per heavy atom. The van der Waals surface area contributed by atoms with Gasteiger partial charge in [0, 0.05) is 46.2 Å². The standard InChI is InChI=1S/C10H17NO2.C9H15NO2.C4H8O/c1-6-7-8-11(5)9(12)13-10(2,3)4;1-5-6-7-10-8(11)12-9(2,3)4;1-2-4-5-3-1/h1H,7-8H2,2-5H3;1H,6-7H2,2-4H3,(H,10,11);1-4H2. The first kappa shape index (κ1) is 29.8. The second-order valence-corrected chi connectivity index (χ2v) is 8.56. The highest BCUT2D eigenvalue weighted by Gasteiger charge is 2.18. The minimum atomic E-state index is -0.444. The van der Waals surface area contributed by atoms with Crippen LogP contribution in [0.15, 0.2) is 0 Å². The average molecular weight is 425 g/mol. The fraction of sp³-hybridized carbons (Fsp3) is 0.739. The molecule has 0 aromatic rings. The molecule has 0 spiro atoms. The molecule has 172 valence electrons. The summed E-state index contributed by atoms with van der Waals surface area (Å²) in [5.74, 6) is 4.88. The smallest absolute Gasteiger partial charge is 0.410 e. The topological polar surface area (TPSA) is 77.1 Å². The third-order valence-electron chi connectivity index (χ3n) is 3.06. The van der Waals surface area contributed by atoms with E-state index in [1.165, 1.54) is 17.7 Å². The maximum atomic E-state index is 11.3. The van der Waals surface area contributed by atoms with Gasteiger partial charge in [0.15, 0.2) is 0 Å². The first-order chi connectivity index (χ1) is 13.8. The second kappa shape index (κ2) is 16.4. The average Bonchev–Trinajstić information content (AvgIpc) is 3.17. The Labute approximate surface area is 183 Å². The molecule has 1 N–H and O–H groups in total. The summed E-state index contributed by atoms with van der Waals surface area (Å²) in [5, 5.41) is 2.54. The van der Waals surface area contributed by atoms with Gasteiger partial charge < -0.3 is 24.4 Å². The van der Waals surface area contributed by atoms with Gasteiger partial charge in [-0.25, -0.2) is 9.59 Å². The van der Waals surface area contributed by atoms with Gasteiger partial charge in [-0.1, -0.05) is 0 Å². The van der Waals surface area contributed by atoms with Crippen molar-refractivity contribution < 1.29 is 23.8 Å². The Morgan fingerprint density at radius 3 is 1.83 bits per heavy atom. The summed E-state index contributed by atoms with van der Waals surface area (Å²) < 4.78 is 15.0. The molecule has 0 unspecified atom stereocenters. The van der Waals surface area contributed by atoms with Gasteiger partial charge in [-0.3, -0.25) is 0 Å². The zero-order chi connectivity index (χ0) is 23.6. The van der Waals surface area contributed by atoms with E-state index >= 15 is 0 Å². The van der Waals surface area contributed by atoms with Gasteiger partial charge in [0.2, 0.25) is 0 Å². The van der Waals surface area contributed by atoms with Crippen molar-refractivity contribution in [3.05, 3.63) is 0 Å². The number of hydrogen-bond donors (Lipinski definition) is 1. The van der Waals surface area contributed by atoms with E-state index in [2.05, 4.69) is 17.2 Å². The molecular weight excluding hydrogens is 384 g/mol. The third kappa shape index (κ3) is 23.7. The van der Waals surface area contributed by atoms with E-state index in [1.807, 2.05) is 41.5 Å². The molecule has 1 fully saturated rings. The molecule has 0 atom stereocenters. The lowest BCUT2D eigenvalue weighted by Crippen LogP contribution is -2.34. The molecule has 1 aliphatic rings. The van der Waals surface area contributed by atoms with E-state index in [4.69, 9.17) is 27.1 Å². The maximum absolute atomic E-state index is 11.3. The van der Waals surface area contributed by atoms with E-state index in [0.29, 0.717) is 25.9 Å². The van der Waals surface area contributed by atoms with Crippen molar-refractivity contribution in [3.8, 4) is 24.7 Å². The largest absolute Gasteiger partial charge is 0.444 e. The molecule has 1 rings (SSSR count). The van der Waals surface area contributed by atoms with E-state index in [-0.39, 0.29) is 6.09 Å². The quantitative estimate of drug-likeness (QED) is 0.540. The number of carbonyl (C=O) groups is 2. The number of rotatable bonds is 4. The van der Waals surface area contributed by atoms with Gasteiger partial charge in [0.25, 0.3) is 0 Å². The first-order valence-corrected chi connectivity index (χ1v) is 10.2. The van der Waals surface area contributed by atoms with Crippen LogP contribution in [-0.2, 0) is 14.2 Å². The first-order valence-electron chi connectivity index (χ1n) is 10.2. The minimum absolute atomic E-state index is 0.331. The highest BCUT2D eigenvalue weighted by atomic mass is 16.6. The Balaban J connectivity index is 0. The zero-order valence-electron chi connectivity index (χ0n) is 19.8. The van der Waals surface area contributed by atoms with Gasteiger partial charge in [-0.2, -0.15) is 0 Å². The molecule has 1 saturated heterocycles. The number of amides is 2. The van der Waals surface area contributed by atoms with Crippen molar-refractivity contribution in [2.75, 3.05) is 33.4 Å². The number of alkyl carbamates (subject to hydrolysis) is 1. The fourth-order valence-electron chi connectivity index (χ4n) is 1.72. The molecule has 30 heavy (non-hydrogen) atoms. The molecule has 1 aliphatic heterocycles. The van der Waals surface area contributed by atoms with E-state index < -0.39 is 17.3 Å². The Hall–Kier alpha value is -2.38. The van der Waals surface area contributed by atoms with Gasteiger partial charge in [-0.05, 0) is 54.4 Å². The molecule has 7 nitrogen and oxygen atoms in total. The lowest BCUT2D eigenvalue weighted by Gasteiger charge is -2.24. The molecule has 7 heteroatoms. The van der Waals surface area contributed by atoms with Crippen LogP contribution in [0.4, 0.5) is 9.59 Å². The number of ether oxygens (including phenoxy) is 3. The van der Waals surface area contributed by atoms with Crippen LogP contribution in [0.1, 0.15) is 67.2 Å². The predicted molar refractivity (Wildman–Crippen MR) is 120 cm³/mol. The Kier molecular flexibility index (Phi) is 16.3. The van der Waals surface area contributed by atoms with Crippen molar-refractivity contribution in [3.63, 3.8) is 0 Å². The molecule has 1 heterocycles. The van der Waals surface area contributed by atoms with Gasteiger partial charge in [-0.15, -0.1) is 24.7 Å². The predicted octanol–water partition coefficient (Wildman–Crippen LogP) is 4.21. The summed E-state index contributed by atoms with van der Waals surface area (Å²) >= 11 is 0. The van der Waals surface area contributed by atoms with Crippen LogP contribution in [-0.4, -0.2) is 61.6 Å². The normalized spacial score (nSPS) is 12.6. The van der Waals surface area contributed by atoms with Crippen molar-refractivity contribution >= 4 is 12.2 Å². The van der Waals surface area contributed by atoms with Crippen LogP contribution in [0, 0.1) is 24.7 Å². The van der Waals surface area contributed by atoms with Crippen LogP contribution < -0.4 is 5.32 Å². The van der Waals surface area contributed by atoms with Crippen LogP contribution in [0.2, 0.25) is 0 Å². The third-order valence-corrected chi connectivity index (χ3v) is 3.06. The SMILES string of the molecule is C#CCCN(C)C(=O)OC(C)(C)C.C#CCCNC(=O)OC(C)(C)C.C1CCOC1. The lowest BCUT2D eigenvalue weighted by molar-refractivity contribution is 0.0302. The Bertz CT molecular complexity index is 550. The van der Waals surface area contributed by atoms with Crippen molar-refractivity contribution in [2.45, 2.75) is 78.4 Å². The maximum Gasteiger partial charge on any atom is 0.410 e. The molecule has 0 radical (unpaired) electrons. The second-order valence-electron chi connectivity index (χ2n) is 8.56. The van der Waals surface area contributed by atoms with E-state index in [9.17, 15) is 9.59 Å².